The van der Waals surface area contributed by atoms with Crippen molar-refractivity contribution in [3.63, 3.8) is 0 Å². The second kappa shape index (κ2) is 10.5. The first-order chi connectivity index (χ1) is 15.4. The van der Waals surface area contributed by atoms with Crippen molar-refractivity contribution in [2.24, 2.45) is 0 Å². The molecule has 6 nitrogen and oxygen atoms in total. The number of benzene rings is 2. The summed E-state index contributed by atoms with van der Waals surface area (Å²) in [6.07, 6.45) is 0. The molecule has 0 aromatic heterocycles. The molecule has 0 spiro atoms. The quantitative estimate of drug-likeness (QED) is 0.363. The van der Waals surface area contributed by atoms with Crippen molar-refractivity contribution in [1.29, 1.82) is 0 Å². The fraction of sp³-hybridized carbons (Fsp3) is 0.385. The normalized spacial score (nSPS) is 17.9. The third-order valence-corrected chi connectivity index (χ3v) is 5.92. The van der Waals surface area contributed by atoms with Crippen LogP contribution in [0.15, 0.2) is 54.1 Å². The number of aliphatic hydroxyl groups is 1. The molecule has 32 heavy (non-hydrogen) atoms. The Kier molecular flexibility index (Phi) is 7.70. The standard InChI is InChI=1S/C26H32N2O4/c1-5-27(6-2)16-17-28-23(19-12-14-21(15-13-19)32-7-3)22(25(30)26(28)31)24(29)20-10-8-18(4)9-11-20/h8-15,23,29H,5-7,16-17H2,1-4H3/t23-/m1/s1. The zero-order chi connectivity index (χ0) is 23.3. The van der Waals surface area contributed by atoms with Crippen LogP contribution >= 0.6 is 0 Å². The molecule has 0 radical (unpaired) electrons. The van der Waals surface area contributed by atoms with E-state index in [0.29, 0.717) is 25.3 Å². The predicted molar refractivity (Wildman–Crippen MR) is 126 cm³/mol. The van der Waals surface area contributed by atoms with Crippen molar-refractivity contribution in [3.05, 3.63) is 70.8 Å². The van der Waals surface area contributed by atoms with Gasteiger partial charge in [0.2, 0.25) is 0 Å². The zero-order valence-electron chi connectivity index (χ0n) is 19.3. The van der Waals surface area contributed by atoms with E-state index >= 15 is 0 Å². The van der Waals surface area contributed by atoms with Crippen molar-refractivity contribution in [2.45, 2.75) is 33.7 Å². The van der Waals surface area contributed by atoms with Gasteiger partial charge in [0.1, 0.15) is 11.5 Å². The molecule has 1 aliphatic rings. The van der Waals surface area contributed by atoms with Crippen molar-refractivity contribution in [3.8, 4) is 5.75 Å². The van der Waals surface area contributed by atoms with Gasteiger partial charge in [-0.25, -0.2) is 0 Å². The number of ketones is 1. The number of likely N-dealkylation sites (tertiary alicyclic amines) is 1. The second-order valence-corrected chi connectivity index (χ2v) is 7.89. The molecule has 3 rings (SSSR count). The van der Waals surface area contributed by atoms with Gasteiger partial charge in [0, 0.05) is 18.7 Å². The van der Waals surface area contributed by atoms with E-state index in [1.807, 2.05) is 50.2 Å². The monoisotopic (exact) mass is 436 g/mol. The number of Topliss-reactive ketones (excluding diaryl/α,β-unsaturated/α-hetero) is 1. The smallest absolute Gasteiger partial charge is 0.295 e. The molecule has 170 valence electrons. The van der Waals surface area contributed by atoms with E-state index in [-0.39, 0.29) is 11.3 Å². The molecule has 1 heterocycles. The number of hydrogen-bond acceptors (Lipinski definition) is 5. The Labute approximate surface area is 190 Å². The van der Waals surface area contributed by atoms with E-state index in [1.165, 1.54) is 0 Å². The van der Waals surface area contributed by atoms with Crippen LogP contribution in [0.1, 0.15) is 43.5 Å². The highest BCUT2D eigenvalue weighted by atomic mass is 16.5. The minimum absolute atomic E-state index is 0.127. The molecule has 0 aliphatic carbocycles. The van der Waals surface area contributed by atoms with Crippen LogP contribution in [0, 0.1) is 6.92 Å². The van der Waals surface area contributed by atoms with Crippen LogP contribution in [0.25, 0.3) is 5.76 Å². The number of hydrogen-bond donors (Lipinski definition) is 1. The highest BCUT2D eigenvalue weighted by molar-refractivity contribution is 6.46. The maximum absolute atomic E-state index is 13.1. The number of carbonyl (C=O) groups is 2. The van der Waals surface area contributed by atoms with Crippen molar-refractivity contribution < 1.29 is 19.4 Å². The van der Waals surface area contributed by atoms with Crippen molar-refractivity contribution >= 4 is 17.4 Å². The largest absolute Gasteiger partial charge is 0.507 e. The number of nitrogens with zero attached hydrogens (tertiary/aromatic N) is 2. The number of rotatable bonds is 9. The summed E-state index contributed by atoms with van der Waals surface area (Å²) in [4.78, 5) is 29.9. The number of ether oxygens (including phenoxy) is 1. The first-order valence-corrected chi connectivity index (χ1v) is 11.2. The Morgan fingerprint density at radius 2 is 1.62 bits per heavy atom. The predicted octanol–water partition coefficient (Wildman–Crippen LogP) is 4.16. The number of carbonyl (C=O) groups excluding carboxylic acids is 2. The summed E-state index contributed by atoms with van der Waals surface area (Å²) in [5.74, 6) is -0.659. The molecule has 1 atom stereocenters. The number of amides is 1. The molecule has 1 N–H and O–H groups in total. The minimum atomic E-state index is -0.651. The van der Waals surface area contributed by atoms with Crippen LogP contribution in [0.4, 0.5) is 0 Å². The van der Waals surface area contributed by atoms with Gasteiger partial charge in [-0.15, -0.1) is 0 Å². The molecule has 0 unspecified atom stereocenters. The van der Waals surface area contributed by atoms with Crippen molar-refractivity contribution in [2.75, 3.05) is 32.8 Å². The lowest BCUT2D eigenvalue weighted by atomic mass is 9.95. The fourth-order valence-electron chi connectivity index (χ4n) is 4.03. The summed E-state index contributed by atoms with van der Waals surface area (Å²) in [5.41, 5.74) is 2.46. The second-order valence-electron chi connectivity index (χ2n) is 7.89. The lowest BCUT2D eigenvalue weighted by Gasteiger charge is -2.28. The molecule has 1 fully saturated rings. The molecule has 6 heteroatoms. The molecule has 2 aromatic rings. The third-order valence-electron chi connectivity index (χ3n) is 5.92. The van der Waals surface area contributed by atoms with E-state index in [9.17, 15) is 14.7 Å². The Bertz CT molecular complexity index is 976. The Morgan fingerprint density at radius 1 is 1.00 bits per heavy atom. The van der Waals surface area contributed by atoms with Crippen LogP contribution < -0.4 is 4.74 Å². The Morgan fingerprint density at radius 3 is 2.19 bits per heavy atom. The van der Waals surface area contributed by atoms with Gasteiger partial charge < -0.3 is 19.6 Å². The Hall–Kier alpha value is -3.12. The summed E-state index contributed by atoms with van der Waals surface area (Å²) < 4.78 is 5.54. The highest BCUT2D eigenvalue weighted by Gasteiger charge is 2.45. The van der Waals surface area contributed by atoms with Gasteiger partial charge in [0.15, 0.2) is 0 Å². The summed E-state index contributed by atoms with van der Waals surface area (Å²) in [7, 11) is 0. The van der Waals surface area contributed by atoms with Gasteiger partial charge in [-0.3, -0.25) is 9.59 Å². The van der Waals surface area contributed by atoms with E-state index < -0.39 is 17.7 Å². The molecule has 0 bridgehead atoms. The van der Waals surface area contributed by atoms with Gasteiger partial charge in [-0.2, -0.15) is 0 Å². The van der Waals surface area contributed by atoms with Crippen LogP contribution in [0.2, 0.25) is 0 Å². The first-order valence-electron chi connectivity index (χ1n) is 11.2. The molecular weight excluding hydrogens is 404 g/mol. The summed E-state index contributed by atoms with van der Waals surface area (Å²) in [5, 5.41) is 11.1. The van der Waals surface area contributed by atoms with Crippen molar-refractivity contribution in [1.82, 2.24) is 9.80 Å². The van der Waals surface area contributed by atoms with Gasteiger partial charge in [0.05, 0.1) is 18.2 Å². The number of aliphatic hydroxyl groups excluding tert-OH is 1. The van der Waals surface area contributed by atoms with Crippen LogP contribution in [0.3, 0.4) is 0 Å². The summed E-state index contributed by atoms with van der Waals surface area (Å²) in [6.45, 7) is 11.3. The average Bonchev–Trinajstić information content (AvgIpc) is 3.05. The van der Waals surface area contributed by atoms with Gasteiger partial charge in [0.25, 0.3) is 11.7 Å². The van der Waals surface area contributed by atoms with E-state index in [0.717, 1.165) is 30.0 Å². The maximum Gasteiger partial charge on any atom is 0.295 e. The molecular formula is C26H32N2O4. The molecule has 1 aliphatic heterocycles. The van der Waals surface area contributed by atoms with Crippen LogP contribution in [0.5, 0.6) is 5.75 Å². The van der Waals surface area contributed by atoms with E-state index in [2.05, 4.69) is 18.7 Å². The first kappa shape index (κ1) is 23.5. The van der Waals surface area contributed by atoms with E-state index in [1.54, 1.807) is 17.0 Å². The Balaban J connectivity index is 2.06. The topological polar surface area (TPSA) is 70.1 Å². The maximum atomic E-state index is 13.1. The molecule has 1 saturated heterocycles. The SMILES string of the molecule is CCOc1ccc([C@@H]2C(=C(O)c3ccc(C)cc3)C(=O)C(=O)N2CCN(CC)CC)cc1. The van der Waals surface area contributed by atoms with Crippen LogP contribution in [-0.4, -0.2) is 59.4 Å². The molecule has 2 aromatic carbocycles. The minimum Gasteiger partial charge on any atom is -0.507 e. The average molecular weight is 437 g/mol. The number of likely N-dealkylation sites (N-methyl/N-ethyl adjacent to an activating group) is 1. The van der Waals surface area contributed by atoms with Gasteiger partial charge in [-0.1, -0.05) is 55.8 Å². The molecule has 0 saturated carbocycles. The van der Waals surface area contributed by atoms with E-state index in [4.69, 9.17) is 4.74 Å². The summed E-state index contributed by atoms with van der Waals surface area (Å²) >= 11 is 0. The number of aryl methyl sites for hydroxylation is 1. The molecule has 1 amide bonds. The van der Waals surface area contributed by atoms with Crippen LogP contribution in [-0.2, 0) is 9.59 Å². The lowest BCUT2D eigenvalue weighted by Crippen LogP contribution is -2.38. The third kappa shape index (κ3) is 4.86. The lowest BCUT2D eigenvalue weighted by molar-refractivity contribution is -0.140. The van der Waals surface area contributed by atoms with Gasteiger partial charge in [-0.05, 0) is 44.6 Å². The fourth-order valence-corrected chi connectivity index (χ4v) is 4.03. The van der Waals surface area contributed by atoms with Gasteiger partial charge >= 0.3 is 0 Å². The summed E-state index contributed by atoms with van der Waals surface area (Å²) in [6, 6.07) is 14.0. The zero-order valence-corrected chi connectivity index (χ0v) is 19.3. The highest BCUT2D eigenvalue weighted by Crippen LogP contribution is 2.39.